The first-order valence-electron chi connectivity index (χ1n) is 9.20. The van der Waals surface area contributed by atoms with E-state index < -0.39 is 5.25 Å². The third-order valence-corrected chi connectivity index (χ3v) is 6.04. The highest BCUT2D eigenvalue weighted by Crippen LogP contribution is 2.39. The van der Waals surface area contributed by atoms with Gasteiger partial charge in [-0.3, -0.25) is 14.5 Å². The molecule has 0 radical (unpaired) electrons. The SMILES string of the molecule is Cc1ccc(N=C2S[C@@H](CC(=O)Nc3ccc(Cl)cc3)C(=O)N2C2CC2)cc1. The number of benzene rings is 2. The summed E-state index contributed by atoms with van der Waals surface area (Å²) in [6.07, 6.45) is 2.09. The number of thioether (sulfide) groups is 1. The van der Waals surface area contributed by atoms with E-state index in [9.17, 15) is 9.59 Å². The predicted octanol–water partition coefficient (Wildman–Crippen LogP) is 4.77. The van der Waals surface area contributed by atoms with E-state index in [1.165, 1.54) is 11.8 Å². The van der Waals surface area contributed by atoms with E-state index in [4.69, 9.17) is 11.6 Å². The molecular weight excluding hydrogens is 394 g/mol. The quantitative estimate of drug-likeness (QED) is 0.767. The van der Waals surface area contributed by atoms with Crippen molar-refractivity contribution in [1.29, 1.82) is 0 Å². The monoisotopic (exact) mass is 413 g/mol. The predicted molar refractivity (Wildman–Crippen MR) is 114 cm³/mol. The number of nitrogens with zero attached hydrogens (tertiary/aromatic N) is 2. The molecule has 0 spiro atoms. The summed E-state index contributed by atoms with van der Waals surface area (Å²) >= 11 is 7.25. The number of amides is 2. The third kappa shape index (κ3) is 4.39. The molecule has 28 heavy (non-hydrogen) atoms. The summed E-state index contributed by atoms with van der Waals surface area (Å²) < 4.78 is 0. The van der Waals surface area contributed by atoms with Gasteiger partial charge in [0.25, 0.3) is 0 Å². The van der Waals surface area contributed by atoms with Crippen LogP contribution in [0.3, 0.4) is 0 Å². The summed E-state index contributed by atoms with van der Waals surface area (Å²) in [6, 6.07) is 15.0. The molecule has 2 fully saturated rings. The molecule has 2 aliphatic rings. The molecule has 7 heteroatoms. The van der Waals surface area contributed by atoms with Crippen molar-refractivity contribution in [3.63, 3.8) is 0 Å². The summed E-state index contributed by atoms with van der Waals surface area (Å²) in [5.74, 6) is -0.217. The number of aliphatic imine (C=N–C) groups is 1. The molecule has 1 atom stereocenters. The zero-order valence-electron chi connectivity index (χ0n) is 15.4. The van der Waals surface area contributed by atoms with Crippen LogP contribution in [-0.4, -0.2) is 33.2 Å². The topological polar surface area (TPSA) is 61.8 Å². The van der Waals surface area contributed by atoms with Crippen molar-refractivity contribution in [3.05, 3.63) is 59.1 Å². The highest BCUT2D eigenvalue weighted by Gasteiger charge is 2.46. The Morgan fingerprint density at radius 1 is 1.18 bits per heavy atom. The molecule has 4 rings (SSSR count). The van der Waals surface area contributed by atoms with Crippen LogP contribution in [0.1, 0.15) is 24.8 Å². The lowest BCUT2D eigenvalue weighted by molar-refractivity contribution is -0.128. The number of anilines is 1. The Hall–Kier alpha value is -2.31. The molecule has 5 nitrogen and oxygen atoms in total. The highest BCUT2D eigenvalue weighted by molar-refractivity contribution is 8.15. The number of hydrogen-bond acceptors (Lipinski definition) is 4. The highest BCUT2D eigenvalue weighted by atomic mass is 35.5. The molecule has 2 amide bonds. The van der Waals surface area contributed by atoms with Crippen molar-refractivity contribution in [3.8, 4) is 0 Å². The van der Waals surface area contributed by atoms with Crippen LogP contribution in [0, 0.1) is 6.92 Å². The maximum Gasteiger partial charge on any atom is 0.242 e. The summed E-state index contributed by atoms with van der Waals surface area (Å²) in [5.41, 5.74) is 2.64. The first kappa shape index (κ1) is 19.0. The van der Waals surface area contributed by atoms with Gasteiger partial charge in [-0.1, -0.05) is 41.1 Å². The molecule has 1 aliphatic heterocycles. The van der Waals surface area contributed by atoms with E-state index in [1.54, 1.807) is 29.2 Å². The van der Waals surface area contributed by atoms with Gasteiger partial charge in [-0.25, -0.2) is 4.99 Å². The van der Waals surface area contributed by atoms with Gasteiger partial charge < -0.3 is 5.32 Å². The molecule has 1 aliphatic carbocycles. The van der Waals surface area contributed by atoms with Gasteiger partial charge in [0.05, 0.1) is 5.69 Å². The molecular formula is C21H20ClN3O2S. The van der Waals surface area contributed by atoms with E-state index in [2.05, 4.69) is 10.3 Å². The average Bonchev–Trinajstić information content (AvgIpc) is 3.45. The first-order chi connectivity index (χ1) is 13.5. The number of carbonyl (C=O) groups excluding carboxylic acids is 2. The molecule has 1 N–H and O–H groups in total. The minimum atomic E-state index is -0.447. The Morgan fingerprint density at radius 2 is 1.86 bits per heavy atom. The molecule has 0 aromatic heterocycles. The van der Waals surface area contributed by atoms with Crippen LogP contribution in [0.5, 0.6) is 0 Å². The van der Waals surface area contributed by atoms with Crippen molar-refractivity contribution < 1.29 is 9.59 Å². The van der Waals surface area contributed by atoms with E-state index in [-0.39, 0.29) is 24.3 Å². The summed E-state index contributed by atoms with van der Waals surface area (Å²) in [6.45, 7) is 2.02. The van der Waals surface area contributed by atoms with Crippen LogP contribution >= 0.6 is 23.4 Å². The Kier molecular flexibility index (Phi) is 5.42. The number of carbonyl (C=O) groups is 2. The first-order valence-corrected chi connectivity index (χ1v) is 10.5. The smallest absolute Gasteiger partial charge is 0.242 e. The number of rotatable bonds is 5. The Labute approximate surface area is 173 Å². The number of hydrogen-bond donors (Lipinski definition) is 1. The van der Waals surface area contributed by atoms with Crippen LogP contribution in [0.4, 0.5) is 11.4 Å². The van der Waals surface area contributed by atoms with Gasteiger partial charge in [0.1, 0.15) is 5.25 Å². The minimum Gasteiger partial charge on any atom is -0.326 e. The van der Waals surface area contributed by atoms with Crippen molar-refractivity contribution >= 4 is 51.7 Å². The number of halogens is 1. The van der Waals surface area contributed by atoms with E-state index in [0.717, 1.165) is 24.1 Å². The standard InChI is InChI=1S/C21H20ClN3O2S/c1-13-2-6-16(7-3-13)24-21-25(17-10-11-17)20(27)18(28-21)12-19(26)23-15-8-4-14(22)5-9-15/h2-9,17-18H,10-12H2,1H3,(H,23,26)/t18-/m0/s1. The van der Waals surface area contributed by atoms with Crippen molar-refractivity contribution in [2.45, 2.75) is 37.5 Å². The molecule has 0 bridgehead atoms. The summed E-state index contributed by atoms with van der Waals surface area (Å²) in [5, 5.41) is 3.68. The maximum atomic E-state index is 12.9. The van der Waals surface area contributed by atoms with Gasteiger partial charge in [0, 0.05) is 23.2 Å². The molecule has 1 saturated carbocycles. The van der Waals surface area contributed by atoms with Crippen molar-refractivity contribution in [1.82, 2.24) is 4.90 Å². The van der Waals surface area contributed by atoms with Gasteiger partial charge in [-0.2, -0.15) is 0 Å². The Balaban J connectivity index is 1.47. The lowest BCUT2D eigenvalue weighted by Gasteiger charge is -2.15. The summed E-state index contributed by atoms with van der Waals surface area (Å²) in [7, 11) is 0. The molecule has 1 heterocycles. The molecule has 144 valence electrons. The van der Waals surface area contributed by atoms with Gasteiger partial charge in [0.15, 0.2) is 5.17 Å². The molecule has 1 saturated heterocycles. The van der Waals surface area contributed by atoms with Crippen LogP contribution < -0.4 is 5.32 Å². The Morgan fingerprint density at radius 3 is 2.50 bits per heavy atom. The Bertz CT molecular complexity index is 924. The second-order valence-electron chi connectivity index (χ2n) is 7.04. The number of nitrogens with one attached hydrogen (secondary N) is 1. The summed E-state index contributed by atoms with van der Waals surface area (Å²) in [4.78, 5) is 31.8. The largest absolute Gasteiger partial charge is 0.326 e. The molecule has 2 aromatic rings. The lowest BCUT2D eigenvalue weighted by atomic mass is 10.2. The van der Waals surface area contributed by atoms with Crippen LogP contribution in [-0.2, 0) is 9.59 Å². The fourth-order valence-electron chi connectivity index (χ4n) is 3.01. The minimum absolute atomic E-state index is 0.0235. The third-order valence-electron chi connectivity index (χ3n) is 4.64. The number of aryl methyl sites for hydroxylation is 1. The van der Waals surface area contributed by atoms with Crippen LogP contribution in [0.2, 0.25) is 5.02 Å². The zero-order valence-corrected chi connectivity index (χ0v) is 17.0. The molecule has 0 unspecified atom stereocenters. The average molecular weight is 414 g/mol. The van der Waals surface area contributed by atoms with Crippen LogP contribution in [0.15, 0.2) is 53.5 Å². The second kappa shape index (κ2) is 7.97. The van der Waals surface area contributed by atoms with Gasteiger partial charge in [-0.05, 0) is 56.2 Å². The van der Waals surface area contributed by atoms with Gasteiger partial charge >= 0.3 is 0 Å². The lowest BCUT2D eigenvalue weighted by Crippen LogP contribution is -2.35. The fraction of sp³-hybridized carbons (Fsp3) is 0.286. The normalized spacial score (nSPS) is 20.6. The van der Waals surface area contributed by atoms with Crippen LogP contribution in [0.25, 0.3) is 0 Å². The molecule has 2 aromatic carbocycles. The van der Waals surface area contributed by atoms with E-state index in [1.807, 2.05) is 31.2 Å². The zero-order chi connectivity index (χ0) is 19.7. The fourth-order valence-corrected chi connectivity index (χ4v) is 4.35. The van der Waals surface area contributed by atoms with Crippen molar-refractivity contribution in [2.24, 2.45) is 4.99 Å². The number of amidine groups is 1. The van der Waals surface area contributed by atoms with Crippen molar-refractivity contribution in [2.75, 3.05) is 5.32 Å². The van der Waals surface area contributed by atoms with E-state index >= 15 is 0 Å². The maximum absolute atomic E-state index is 12.9. The van der Waals surface area contributed by atoms with E-state index in [0.29, 0.717) is 15.9 Å². The second-order valence-corrected chi connectivity index (χ2v) is 8.64. The van der Waals surface area contributed by atoms with Gasteiger partial charge in [0.2, 0.25) is 11.8 Å². The van der Waals surface area contributed by atoms with Gasteiger partial charge in [-0.15, -0.1) is 0 Å².